The van der Waals surface area contributed by atoms with E-state index in [4.69, 9.17) is 0 Å². The summed E-state index contributed by atoms with van der Waals surface area (Å²) in [6, 6.07) is 11.1. The van der Waals surface area contributed by atoms with Crippen LogP contribution in [0.1, 0.15) is 65.3 Å². The van der Waals surface area contributed by atoms with Crippen LogP contribution >= 0.6 is 0 Å². The molecule has 1 atom stereocenters. The minimum atomic E-state index is -2.79. The van der Waals surface area contributed by atoms with Crippen LogP contribution in [0, 0.1) is 5.82 Å². The van der Waals surface area contributed by atoms with Crippen LogP contribution in [0.4, 0.5) is 13.2 Å². The Morgan fingerprint density at radius 3 is 2.59 bits per heavy atom. The number of nitrogens with zero attached hydrogens (tertiary/aromatic N) is 1. The standard InChI is InChI=1S/C25H25F3N2O2/c1-2-22(31)17-10-8-16(9-11-17)14-30-15-19(23-20(26)6-3-7-21(23)30)24(32)29-18-5-4-12-25(27,28)13-18/h3,6-11,15,18H,2,4-5,12-14H2,1H3,(H,29,32). The molecular formula is C25H25F3N2O2. The van der Waals surface area contributed by atoms with E-state index in [2.05, 4.69) is 5.32 Å². The van der Waals surface area contributed by atoms with Gasteiger partial charge in [-0.3, -0.25) is 9.59 Å². The zero-order valence-corrected chi connectivity index (χ0v) is 17.8. The number of benzene rings is 2. The van der Waals surface area contributed by atoms with Crippen LogP contribution in [0.15, 0.2) is 48.7 Å². The van der Waals surface area contributed by atoms with Crippen LogP contribution in [0.5, 0.6) is 0 Å². The van der Waals surface area contributed by atoms with Gasteiger partial charge in [-0.25, -0.2) is 13.2 Å². The lowest BCUT2D eigenvalue weighted by Crippen LogP contribution is -2.42. The fraction of sp³-hybridized carbons (Fsp3) is 0.360. The summed E-state index contributed by atoms with van der Waals surface area (Å²) in [6.45, 7) is 2.17. The Hall–Kier alpha value is -3.09. The summed E-state index contributed by atoms with van der Waals surface area (Å²) in [5.41, 5.74) is 2.18. The van der Waals surface area contributed by atoms with Crippen molar-refractivity contribution >= 4 is 22.6 Å². The Bertz CT molecular complexity index is 1150. The third-order valence-electron chi connectivity index (χ3n) is 6.03. The average molecular weight is 442 g/mol. The molecule has 1 N–H and O–H groups in total. The lowest BCUT2D eigenvalue weighted by atomic mass is 9.92. The van der Waals surface area contributed by atoms with Crippen LogP contribution in [-0.4, -0.2) is 28.2 Å². The first-order valence-electron chi connectivity index (χ1n) is 10.9. The first kappa shape index (κ1) is 22.1. The molecule has 4 nitrogen and oxygen atoms in total. The molecule has 3 aromatic rings. The molecule has 1 amide bonds. The topological polar surface area (TPSA) is 51.1 Å². The van der Waals surface area contributed by atoms with Crippen molar-refractivity contribution in [2.45, 2.75) is 57.5 Å². The Kier molecular flexibility index (Phi) is 6.09. The predicted molar refractivity (Wildman–Crippen MR) is 117 cm³/mol. The van der Waals surface area contributed by atoms with Crippen molar-refractivity contribution < 1.29 is 22.8 Å². The smallest absolute Gasteiger partial charge is 0.253 e. The van der Waals surface area contributed by atoms with E-state index in [0.717, 1.165) is 5.56 Å². The molecule has 1 saturated carbocycles. The van der Waals surface area contributed by atoms with Crippen molar-refractivity contribution in [1.82, 2.24) is 9.88 Å². The van der Waals surface area contributed by atoms with Gasteiger partial charge in [-0.2, -0.15) is 0 Å². The van der Waals surface area contributed by atoms with Crippen LogP contribution in [0.3, 0.4) is 0 Å². The average Bonchev–Trinajstić information content (AvgIpc) is 3.13. The lowest BCUT2D eigenvalue weighted by Gasteiger charge is -2.29. The largest absolute Gasteiger partial charge is 0.349 e. The van der Waals surface area contributed by atoms with E-state index in [1.165, 1.54) is 6.07 Å². The molecule has 168 valence electrons. The molecule has 2 aromatic carbocycles. The predicted octanol–water partition coefficient (Wildman–Crippen LogP) is 5.73. The molecule has 1 fully saturated rings. The summed E-state index contributed by atoms with van der Waals surface area (Å²) >= 11 is 0. The molecule has 1 aliphatic rings. The maximum absolute atomic E-state index is 14.7. The Labute approximate surface area is 184 Å². The number of hydrogen-bond donors (Lipinski definition) is 1. The van der Waals surface area contributed by atoms with Crippen molar-refractivity contribution in [3.8, 4) is 0 Å². The number of halogens is 3. The summed E-state index contributed by atoms with van der Waals surface area (Å²) in [6.07, 6.45) is 2.23. The fourth-order valence-electron chi connectivity index (χ4n) is 4.37. The fourth-order valence-corrected chi connectivity index (χ4v) is 4.37. The second-order valence-corrected chi connectivity index (χ2v) is 8.40. The number of rotatable bonds is 6. The number of Topliss-reactive ketones (excluding diaryl/α,β-unsaturated/α-hetero) is 1. The van der Waals surface area contributed by atoms with E-state index in [1.807, 2.05) is 12.1 Å². The van der Waals surface area contributed by atoms with Gasteiger partial charge in [0.25, 0.3) is 5.91 Å². The zero-order valence-electron chi connectivity index (χ0n) is 17.8. The maximum atomic E-state index is 14.7. The maximum Gasteiger partial charge on any atom is 0.253 e. The normalized spacial score (nSPS) is 17.9. The third kappa shape index (κ3) is 4.56. The van der Waals surface area contributed by atoms with E-state index in [9.17, 15) is 22.8 Å². The number of carbonyl (C=O) groups is 2. The SMILES string of the molecule is CCC(=O)c1ccc(Cn2cc(C(=O)NC3CCCC(F)(F)C3)c3c(F)cccc32)cc1. The number of hydrogen-bond acceptors (Lipinski definition) is 2. The van der Waals surface area contributed by atoms with Gasteiger partial charge in [0, 0.05) is 49.0 Å². The monoisotopic (exact) mass is 442 g/mol. The molecule has 0 radical (unpaired) electrons. The number of fused-ring (bicyclic) bond motifs is 1. The van der Waals surface area contributed by atoms with Crippen LogP contribution in [-0.2, 0) is 6.54 Å². The van der Waals surface area contributed by atoms with Crippen LogP contribution < -0.4 is 5.32 Å². The summed E-state index contributed by atoms with van der Waals surface area (Å²) in [4.78, 5) is 24.8. The molecule has 0 spiro atoms. The van der Waals surface area contributed by atoms with Gasteiger partial charge in [0.1, 0.15) is 5.82 Å². The third-order valence-corrected chi connectivity index (χ3v) is 6.03. The molecule has 1 heterocycles. The lowest BCUT2D eigenvalue weighted by molar-refractivity contribution is -0.0429. The zero-order chi connectivity index (χ0) is 22.9. The number of aromatic nitrogens is 1. The van der Waals surface area contributed by atoms with E-state index in [1.54, 1.807) is 42.0 Å². The van der Waals surface area contributed by atoms with Crippen LogP contribution in [0.2, 0.25) is 0 Å². The van der Waals surface area contributed by atoms with Gasteiger partial charge in [0.05, 0.1) is 11.1 Å². The van der Waals surface area contributed by atoms with Gasteiger partial charge in [-0.15, -0.1) is 0 Å². The second kappa shape index (κ2) is 8.81. The quantitative estimate of drug-likeness (QED) is 0.496. The highest BCUT2D eigenvalue weighted by Gasteiger charge is 2.37. The summed E-state index contributed by atoms with van der Waals surface area (Å²) in [7, 11) is 0. The summed E-state index contributed by atoms with van der Waals surface area (Å²) < 4.78 is 43.9. The van der Waals surface area contributed by atoms with E-state index in [-0.39, 0.29) is 23.2 Å². The second-order valence-electron chi connectivity index (χ2n) is 8.40. The van der Waals surface area contributed by atoms with E-state index in [0.29, 0.717) is 36.9 Å². The van der Waals surface area contributed by atoms with Gasteiger partial charge in [0.15, 0.2) is 5.78 Å². The molecule has 0 saturated heterocycles. The number of carbonyl (C=O) groups excluding carboxylic acids is 2. The number of alkyl halides is 2. The molecule has 32 heavy (non-hydrogen) atoms. The minimum absolute atomic E-state index is 0.0530. The van der Waals surface area contributed by atoms with Gasteiger partial charge in [-0.1, -0.05) is 37.3 Å². The highest BCUT2D eigenvalue weighted by atomic mass is 19.3. The Balaban J connectivity index is 1.62. The van der Waals surface area contributed by atoms with Crippen molar-refractivity contribution in [2.75, 3.05) is 0 Å². The molecule has 1 aromatic heterocycles. The first-order chi connectivity index (χ1) is 15.3. The highest BCUT2D eigenvalue weighted by Crippen LogP contribution is 2.33. The van der Waals surface area contributed by atoms with Crippen LogP contribution in [0.25, 0.3) is 10.9 Å². The molecular weight excluding hydrogens is 417 g/mol. The molecule has 1 aliphatic carbocycles. The summed E-state index contributed by atoms with van der Waals surface area (Å²) in [5, 5.41) is 2.85. The molecule has 0 aliphatic heterocycles. The highest BCUT2D eigenvalue weighted by molar-refractivity contribution is 6.07. The molecule has 7 heteroatoms. The minimum Gasteiger partial charge on any atom is -0.349 e. The Morgan fingerprint density at radius 1 is 1.16 bits per heavy atom. The van der Waals surface area contributed by atoms with Gasteiger partial charge >= 0.3 is 0 Å². The van der Waals surface area contributed by atoms with Gasteiger partial charge in [-0.05, 0) is 30.5 Å². The van der Waals surface area contributed by atoms with Gasteiger partial charge < -0.3 is 9.88 Å². The van der Waals surface area contributed by atoms with Crippen molar-refractivity contribution in [2.24, 2.45) is 0 Å². The Morgan fingerprint density at radius 2 is 1.91 bits per heavy atom. The molecule has 0 bridgehead atoms. The van der Waals surface area contributed by atoms with E-state index < -0.39 is 30.1 Å². The summed E-state index contributed by atoms with van der Waals surface area (Å²) in [5.74, 6) is -3.83. The number of amides is 1. The van der Waals surface area contributed by atoms with Crippen molar-refractivity contribution in [3.63, 3.8) is 0 Å². The number of ketones is 1. The first-order valence-corrected chi connectivity index (χ1v) is 10.9. The molecule has 1 unspecified atom stereocenters. The molecule has 4 rings (SSSR count). The van der Waals surface area contributed by atoms with E-state index >= 15 is 0 Å². The van der Waals surface area contributed by atoms with Crippen molar-refractivity contribution in [3.05, 3.63) is 71.2 Å². The van der Waals surface area contributed by atoms with Crippen molar-refractivity contribution in [1.29, 1.82) is 0 Å². The van der Waals surface area contributed by atoms with Gasteiger partial charge in [0.2, 0.25) is 5.92 Å². The number of nitrogens with one attached hydrogen (secondary N) is 1.